The highest BCUT2D eigenvalue weighted by Gasteiger charge is 2.25. The van der Waals surface area contributed by atoms with E-state index in [9.17, 15) is 22.9 Å². The van der Waals surface area contributed by atoms with Gasteiger partial charge in [0.25, 0.3) is 5.69 Å². The zero-order valence-electron chi connectivity index (χ0n) is 12.6. The van der Waals surface area contributed by atoms with Crippen molar-refractivity contribution in [2.45, 2.75) is 18.4 Å². The van der Waals surface area contributed by atoms with E-state index in [1.807, 2.05) is 0 Å². The molecule has 122 valence electrons. The number of nitrogens with zero attached hydrogens (tertiary/aromatic N) is 2. The van der Waals surface area contributed by atoms with Gasteiger partial charge in [0, 0.05) is 31.3 Å². The summed E-state index contributed by atoms with van der Waals surface area (Å²) in [6.07, 6.45) is 0. The summed E-state index contributed by atoms with van der Waals surface area (Å²) in [6.45, 7) is 1.38. The predicted octanol–water partition coefficient (Wildman–Crippen LogP) is 2.86. The molecule has 0 amide bonds. The van der Waals surface area contributed by atoms with E-state index >= 15 is 0 Å². The third-order valence-electron chi connectivity index (χ3n) is 3.42. The number of halogens is 1. The Morgan fingerprint density at radius 1 is 1.22 bits per heavy atom. The molecular weight excluding hydrogens is 323 g/mol. The molecule has 0 saturated heterocycles. The van der Waals surface area contributed by atoms with Crippen LogP contribution < -0.4 is 0 Å². The third kappa shape index (κ3) is 3.54. The van der Waals surface area contributed by atoms with Crippen molar-refractivity contribution in [2.24, 2.45) is 0 Å². The highest BCUT2D eigenvalue weighted by Crippen LogP contribution is 2.25. The molecule has 6 nitrogen and oxygen atoms in total. The number of hydrogen-bond donors (Lipinski definition) is 0. The van der Waals surface area contributed by atoms with Gasteiger partial charge in [-0.1, -0.05) is 24.3 Å². The Kier molecular flexibility index (Phi) is 4.76. The lowest BCUT2D eigenvalue weighted by molar-refractivity contribution is -0.385. The minimum atomic E-state index is -3.98. The van der Waals surface area contributed by atoms with Crippen LogP contribution in [-0.4, -0.2) is 24.7 Å². The van der Waals surface area contributed by atoms with Crippen molar-refractivity contribution in [1.29, 1.82) is 0 Å². The number of nitro groups is 1. The minimum Gasteiger partial charge on any atom is -0.258 e. The van der Waals surface area contributed by atoms with Crippen molar-refractivity contribution in [1.82, 2.24) is 4.31 Å². The fourth-order valence-electron chi connectivity index (χ4n) is 2.10. The van der Waals surface area contributed by atoms with Crippen LogP contribution in [0.5, 0.6) is 0 Å². The quantitative estimate of drug-likeness (QED) is 0.620. The van der Waals surface area contributed by atoms with Gasteiger partial charge in [-0.25, -0.2) is 12.8 Å². The second-order valence-electron chi connectivity index (χ2n) is 5.06. The van der Waals surface area contributed by atoms with Gasteiger partial charge in [0.15, 0.2) is 0 Å². The molecule has 0 heterocycles. The molecule has 2 aromatic rings. The third-order valence-corrected chi connectivity index (χ3v) is 5.37. The second kappa shape index (κ2) is 6.43. The molecule has 0 aliphatic rings. The Labute approximate surface area is 133 Å². The molecule has 0 N–H and O–H groups in total. The summed E-state index contributed by atoms with van der Waals surface area (Å²) < 4.78 is 39.9. The number of non-ortho nitro benzene ring substituents is 1. The topological polar surface area (TPSA) is 80.5 Å². The summed E-state index contributed by atoms with van der Waals surface area (Å²) in [5.41, 5.74) is 0.297. The van der Waals surface area contributed by atoms with Gasteiger partial charge in [0.2, 0.25) is 10.0 Å². The first-order valence-corrected chi connectivity index (χ1v) is 8.12. The maximum Gasteiger partial charge on any atom is 0.270 e. The molecule has 0 radical (unpaired) electrons. The summed E-state index contributed by atoms with van der Waals surface area (Å²) >= 11 is 0. The van der Waals surface area contributed by atoms with Crippen LogP contribution in [0.3, 0.4) is 0 Å². The smallest absolute Gasteiger partial charge is 0.258 e. The minimum absolute atomic E-state index is 0.162. The molecule has 2 aromatic carbocycles. The van der Waals surface area contributed by atoms with E-state index in [4.69, 9.17) is 0 Å². The van der Waals surface area contributed by atoms with Crippen molar-refractivity contribution in [3.05, 3.63) is 69.5 Å². The fourth-order valence-corrected chi connectivity index (χ4v) is 3.49. The molecule has 2 rings (SSSR count). The maximum absolute atomic E-state index is 13.7. The van der Waals surface area contributed by atoms with E-state index in [0.717, 1.165) is 10.4 Å². The van der Waals surface area contributed by atoms with Gasteiger partial charge < -0.3 is 0 Å². The van der Waals surface area contributed by atoms with Gasteiger partial charge in [-0.2, -0.15) is 4.31 Å². The van der Waals surface area contributed by atoms with Crippen LogP contribution in [0, 0.1) is 22.9 Å². The summed E-state index contributed by atoms with van der Waals surface area (Å²) in [5.74, 6) is -0.509. The van der Waals surface area contributed by atoms with Gasteiger partial charge in [0.05, 0.1) is 9.82 Å². The van der Waals surface area contributed by atoms with Gasteiger partial charge in [-0.15, -0.1) is 0 Å². The zero-order valence-corrected chi connectivity index (χ0v) is 13.4. The summed E-state index contributed by atoms with van der Waals surface area (Å²) in [7, 11) is -2.67. The lowest BCUT2D eigenvalue weighted by Gasteiger charge is -2.18. The highest BCUT2D eigenvalue weighted by atomic mass is 32.2. The average molecular weight is 338 g/mol. The first-order chi connectivity index (χ1) is 10.7. The number of benzene rings is 2. The number of sulfonamides is 1. The molecule has 0 unspecified atom stereocenters. The van der Waals surface area contributed by atoms with Gasteiger partial charge in [0.1, 0.15) is 5.82 Å². The Morgan fingerprint density at radius 3 is 2.48 bits per heavy atom. The highest BCUT2D eigenvalue weighted by molar-refractivity contribution is 7.89. The molecule has 0 spiro atoms. The molecule has 23 heavy (non-hydrogen) atoms. The molecule has 0 fully saturated rings. The number of aryl methyl sites for hydroxylation is 1. The molecule has 0 bridgehead atoms. The van der Waals surface area contributed by atoms with Gasteiger partial charge >= 0.3 is 0 Å². The Morgan fingerprint density at radius 2 is 1.87 bits per heavy atom. The van der Waals surface area contributed by atoms with Crippen LogP contribution in [-0.2, 0) is 16.6 Å². The van der Waals surface area contributed by atoms with E-state index in [1.54, 1.807) is 13.0 Å². The average Bonchev–Trinajstić information content (AvgIpc) is 2.49. The standard InChI is InChI=1S/C15H15FN2O4S/c1-11-7-8-13(18(19)20)9-15(11)23(21,22)17(2)10-12-5-3-4-6-14(12)16/h3-9H,10H2,1-2H3. The van der Waals surface area contributed by atoms with Crippen LogP contribution in [0.15, 0.2) is 47.4 Å². The monoisotopic (exact) mass is 338 g/mol. The Hall–Kier alpha value is -2.32. The van der Waals surface area contributed by atoms with Crippen LogP contribution in [0.2, 0.25) is 0 Å². The largest absolute Gasteiger partial charge is 0.270 e. The maximum atomic E-state index is 13.7. The van der Waals surface area contributed by atoms with Crippen molar-refractivity contribution in [2.75, 3.05) is 7.05 Å². The zero-order chi connectivity index (χ0) is 17.2. The SMILES string of the molecule is Cc1ccc([N+](=O)[O-])cc1S(=O)(=O)N(C)Cc1ccccc1F. The second-order valence-corrected chi connectivity index (χ2v) is 7.07. The predicted molar refractivity (Wildman–Crippen MR) is 82.9 cm³/mol. The molecule has 0 aromatic heterocycles. The molecule has 0 aliphatic carbocycles. The van der Waals surface area contributed by atoms with Crippen molar-refractivity contribution in [3.63, 3.8) is 0 Å². The van der Waals surface area contributed by atoms with Crippen LogP contribution in [0.25, 0.3) is 0 Å². The first-order valence-electron chi connectivity index (χ1n) is 6.68. The van der Waals surface area contributed by atoms with Gasteiger partial charge in [-0.05, 0) is 18.6 Å². The van der Waals surface area contributed by atoms with E-state index in [1.165, 1.54) is 37.4 Å². The molecule has 0 atom stereocenters. The number of hydrogen-bond acceptors (Lipinski definition) is 4. The normalized spacial score (nSPS) is 11.7. The first kappa shape index (κ1) is 17.0. The van der Waals surface area contributed by atoms with Crippen molar-refractivity contribution < 1.29 is 17.7 Å². The van der Waals surface area contributed by atoms with Gasteiger partial charge in [-0.3, -0.25) is 10.1 Å². The number of rotatable bonds is 5. The van der Waals surface area contributed by atoms with Crippen LogP contribution in [0.4, 0.5) is 10.1 Å². The van der Waals surface area contributed by atoms with E-state index in [2.05, 4.69) is 0 Å². The van der Waals surface area contributed by atoms with E-state index < -0.39 is 20.8 Å². The lowest BCUT2D eigenvalue weighted by atomic mass is 10.2. The molecule has 8 heteroatoms. The Bertz CT molecular complexity index is 852. The van der Waals surface area contributed by atoms with Crippen LogP contribution >= 0.6 is 0 Å². The Balaban J connectivity index is 2.40. The lowest BCUT2D eigenvalue weighted by Crippen LogP contribution is -2.27. The molecule has 0 aliphatic heterocycles. The molecule has 0 saturated carbocycles. The van der Waals surface area contributed by atoms with Crippen molar-refractivity contribution in [3.8, 4) is 0 Å². The molecular formula is C15H15FN2O4S. The summed E-state index contributed by atoms with van der Waals surface area (Å²) in [5, 5.41) is 10.8. The summed E-state index contributed by atoms with van der Waals surface area (Å²) in [4.78, 5) is 10.0. The van der Waals surface area contributed by atoms with E-state index in [0.29, 0.717) is 5.56 Å². The summed E-state index contributed by atoms with van der Waals surface area (Å²) in [6, 6.07) is 9.49. The van der Waals surface area contributed by atoms with E-state index in [-0.39, 0.29) is 22.7 Å². The fraction of sp³-hybridized carbons (Fsp3) is 0.200. The van der Waals surface area contributed by atoms with Crippen molar-refractivity contribution >= 4 is 15.7 Å². The van der Waals surface area contributed by atoms with Crippen LogP contribution in [0.1, 0.15) is 11.1 Å². The number of nitro benzene ring substituents is 1.